The fourth-order valence-electron chi connectivity index (χ4n) is 1.74. The van der Waals surface area contributed by atoms with E-state index in [1.54, 1.807) is 19.1 Å². The van der Waals surface area contributed by atoms with Crippen LogP contribution in [-0.2, 0) is 4.74 Å². The lowest BCUT2D eigenvalue weighted by Gasteiger charge is -2.23. The number of aliphatic hydroxyl groups excluding tert-OH is 1. The Morgan fingerprint density at radius 1 is 1.67 bits per heavy atom. The molecule has 96 valence electrons. The molecule has 0 saturated heterocycles. The predicted molar refractivity (Wildman–Crippen MR) is 65.3 cm³/mol. The highest BCUT2D eigenvalue weighted by atomic mass is 16.5. The molecule has 2 atom stereocenters. The first kappa shape index (κ1) is 12.5. The minimum atomic E-state index is -0.978. The van der Waals surface area contributed by atoms with Crippen LogP contribution in [0.1, 0.15) is 11.8 Å². The third-order valence-corrected chi connectivity index (χ3v) is 2.90. The molecule has 0 amide bonds. The molecule has 0 spiro atoms. The Labute approximate surface area is 103 Å². The number of aromatic nitrogens is 2. The van der Waals surface area contributed by atoms with Gasteiger partial charge in [-0.3, -0.25) is 14.3 Å². The zero-order chi connectivity index (χ0) is 13.3. The van der Waals surface area contributed by atoms with Crippen LogP contribution < -0.4 is 11.2 Å². The summed E-state index contributed by atoms with van der Waals surface area (Å²) in [5.41, 5.74) is -1.55. The van der Waals surface area contributed by atoms with Gasteiger partial charge in [0, 0.05) is 11.8 Å². The van der Waals surface area contributed by atoms with Crippen molar-refractivity contribution in [2.45, 2.75) is 18.8 Å². The zero-order valence-corrected chi connectivity index (χ0v) is 9.92. The van der Waals surface area contributed by atoms with Crippen LogP contribution in [0.3, 0.4) is 0 Å². The van der Waals surface area contributed by atoms with Gasteiger partial charge in [0.25, 0.3) is 5.56 Å². The lowest BCUT2D eigenvalue weighted by atomic mass is 10.1. The number of nitrogens with one attached hydrogen (secondary N) is 1. The first-order valence-electron chi connectivity index (χ1n) is 5.45. The fourth-order valence-corrected chi connectivity index (χ4v) is 1.74. The number of ether oxygens (including phenoxy) is 1. The molecule has 6 heteroatoms. The van der Waals surface area contributed by atoms with Crippen LogP contribution in [0.4, 0.5) is 0 Å². The largest absolute Gasteiger partial charge is 0.393 e. The molecule has 0 unspecified atom stereocenters. The summed E-state index contributed by atoms with van der Waals surface area (Å²) in [4.78, 5) is 25.1. The number of hydrogen-bond acceptors (Lipinski definition) is 4. The average molecular weight is 250 g/mol. The SMILES string of the molecule is C=C[C@@]1(CO)C=C[C@H](n2cc(C)c(=O)[nH]c2=O)O1. The third kappa shape index (κ3) is 1.96. The second-order valence-corrected chi connectivity index (χ2v) is 4.16. The van der Waals surface area contributed by atoms with Crippen molar-refractivity contribution in [2.24, 2.45) is 0 Å². The molecule has 1 aliphatic rings. The molecule has 0 aliphatic carbocycles. The van der Waals surface area contributed by atoms with E-state index < -0.39 is 23.1 Å². The minimum Gasteiger partial charge on any atom is -0.393 e. The van der Waals surface area contributed by atoms with Crippen molar-refractivity contribution >= 4 is 0 Å². The van der Waals surface area contributed by atoms with Crippen molar-refractivity contribution < 1.29 is 9.84 Å². The highest BCUT2D eigenvalue weighted by molar-refractivity contribution is 5.19. The summed E-state index contributed by atoms with van der Waals surface area (Å²) >= 11 is 0. The topological polar surface area (TPSA) is 84.3 Å². The van der Waals surface area contributed by atoms with Crippen molar-refractivity contribution in [2.75, 3.05) is 6.61 Å². The van der Waals surface area contributed by atoms with Gasteiger partial charge in [-0.25, -0.2) is 4.79 Å². The second-order valence-electron chi connectivity index (χ2n) is 4.16. The van der Waals surface area contributed by atoms with Crippen molar-refractivity contribution in [1.82, 2.24) is 9.55 Å². The summed E-state index contributed by atoms with van der Waals surface area (Å²) in [6, 6.07) is 0. The Bertz CT molecular complexity index is 613. The number of aromatic amines is 1. The van der Waals surface area contributed by atoms with Crippen molar-refractivity contribution in [1.29, 1.82) is 0 Å². The van der Waals surface area contributed by atoms with Crippen LogP contribution in [-0.4, -0.2) is 26.9 Å². The summed E-state index contributed by atoms with van der Waals surface area (Å²) in [6.45, 7) is 4.92. The standard InChI is InChI=1S/C12H14N2O4/c1-3-12(7-15)5-4-9(18-12)14-6-8(2)10(16)13-11(14)17/h3-6,9,15H,1,7H2,2H3,(H,13,16,17)/t9-,12+/m1/s1. The van der Waals surface area contributed by atoms with Crippen molar-refractivity contribution in [3.8, 4) is 0 Å². The lowest BCUT2D eigenvalue weighted by Crippen LogP contribution is -2.36. The first-order valence-corrected chi connectivity index (χ1v) is 5.45. The molecule has 0 aromatic carbocycles. The van der Waals surface area contributed by atoms with E-state index >= 15 is 0 Å². The Kier molecular flexibility index (Phi) is 3.06. The summed E-state index contributed by atoms with van der Waals surface area (Å²) in [6.07, 6.45) is 5.49. The van der Waals surface area contributed by atoms with Gasteiger partial charge in [-0.2, -0.15) is 0 Å². The Hall–Kier alpha value is -1.92. The van der Waals surface area contributed by atoms with E-state index in [0.717, 1.165) is 0 Å². The minimum absolute atomic E-state index is 0.263. The van der Waals surface area contributed by atoms with Gasteiger partial charge in [-0.15, -0.1) is 0 Å². The van der Waals surface area contributed by atoms with Crippen LogP contribution in [0, 0.1) is 6.92 Å². The molecule has 0 saturated carbocycles. The number of rotatable bonds is 3. The maximum Gasteiger partial charge on any atom is 0.330 e. The maximum absolute atomic E-state index is 11.7. The molecule has 2 rings (SSSR count). The molecule has 2 heterocycles. The van der Waals surface area contributed by atoms with E-state index in [1.165, 1.54) is 16.8 Å². The van der Waals surface area contributed by atoms with Crippen LogP contribution in [0.15, 0.2) is 40.6 Å². The number of nitrogens with zero attached hydrogens (tertiary/aromatic N) is 1. The number of aliphatic hydroxyl groups is 1. The molecule has 0 radical (unpaired) electrons. The molecule has 1 aromatic rings. The van der Waals surface area contributed by atoms with Gasteiger partial charge in [0.2, 0.25) is 0 Å². The monoisotopic (exact) mass is 250 g/mol. The van der Waals surface area contributed by atoms with Crippen LogP contribution in [0.25, 0.3) is 0 Å². The highest BCUT2D eigenvalue weighted by Gasteiger charge is 2.33. The normalized spacial score (nSPS) is 26.4. The number of H-pyrrole nitrogens is 1. The quantitative estimate of drug-likeness (QED) is 0.730. The Morgan fingerprint density at radius 2 is 2.39 bits per heavy atom. The molecule has 1 aliphatic heterocycles. The molecular formula is C12H14N2O4. The molecule has 6 nitrogen and oxygen atoms in total. The van der Waals surface area contributed by atoms with E-state index in [4.69, 9.17) is 4.74 Å². The average Bonchev–Trinajstić information content (AvgIpc) is 2.79. The van der Waals surface area contributed by atoms with Gasteiger partial charge in [-0.1, -0.05) is 12.7 Å². The first-order chi connectivity index (χ1) is 8.51. The molecular weight excluding hydrogens is 236 g/mol. The molecule has 1 aromatic heterocycles. The van der Waals surface area contributed by atoms with E-state index in [1.807, 2.05) is 0 Å². The van der Waals surface area contributed by atoms with Gasteiger partial charge >= 0.3 is 5.69 Å². The van der Waals surface area contributed by atoms with Gasteiger partial charge in [0.1, 0.15) is 5.60 Å². The molecule has 18 heavy (non-hydrogen) atoms. The van der Waals surface area contributed by atoms with Crippen molar-refractivity contribution in [3.05, 3.63) is 57.4 Å². The van der Waals surface area contributed by atoms with Crippen molar-refractivity contribution in [3.63, 3.8) is 0 Å². The highest BCUT2D eigenvalue weighted by Crippen LogP contribution is 2.29. The van der Waals surface area contributed by atoms with Crippen LogP contribution in [0.5, 0.6) is 0 Å². The third-order valence-electron chi connectivity index (χ3n) is 2.90. The molecule has 0 bridgehead atoms. The smallest absolute Gasteiger partial charge is 0.330 e. The van der Waals surface area contributed by atoms with E-state index in [2.05, 4.69) is 11.6 Å². The summed E-state index contributed by atoms with van der Waals surface area (Å²) in [7, 11) is 0. The summed E-state index contributed by atoms with van der Waals surface area (Å²) in [5, 5.41) is 9.26. The molecule has 2 N–H and O–H groups in total. The predicted octanol–water partition coefficient (Wildman–Crippen LogP) is -0.153. The van der Waals surface area contributed by atoms with Crippen LogP contribution in [0.2, 0.25) is 0 Å². The van der Waals surface area contributed by atoms with Gasteiger partial charge in [0.05, 0.1) is 6.61 Å². The maximum atomic E-state index is 11.7. The summed E-state index contributed by atoms with van der Waals surface area (Å²) in [5.74, 6) is 0. The number of aryl methyl sites for hydroxylation is 1. The lowest BCUT2D eigenvalue weighted by molar-refractivity contribution is -0.0558. The van der Waals surface area contributed by atoms with Crippen LogP contribution >= 0.6 is 0 Å². The Balaban J connectivity index is 2.40. The van der Waals surface area contributed by atoms with Gasteiger partial charge in [0.15, 0.2) is 6.23 Å². The summed E-state index contributed by atoms with van der Waals surface area (Å²) < 4.78 is 6.83. The zero-order valence-electron chi connectivity index (χ0n) is 9.92. The second kappa shape index (κ2) is 4.40. The van der Waals surface area contributed by atoms with Gasteiger partial charge < -0.3 is 9.84 Å². The van der Waals surface area contributed by atoms with E-state index in [9.17, 15) is 14.7 Å². The number of hydrogen-bond donors (Lipinski definition) is 2. The van der Waals surface area contributed by atoms with E-state index in [-0.39, 0.29) is 6.61 Å². The molecule has 0 fully saturated rings. The fraction of sp³-hybridized carbons (Fsp3) is 0.333. The Morgan fingerprint density at radius 3 is 2.94 bits per heavy atom. The van der Waals surface area contributed by atoms with Gasteiger partial charge in [-0.05, 0) is 19.1 Å². The van der Waals surface area contributed by atoms with E-state index in [0.29, 0.717) is 5.56 Å².